The van der Waals surface area contributed by atoms with Crippen LogP contribution in [0, 0.1) is 0 Å². The summed E-state index contributed by atoms with van der Waals surface area (Å²) in [6.07, 6.45) is 4.41. The minimum absolute atomic E-state index is 0.0334. The summed E-state index contributed by atoms with van der Waals surface area (Å²) in [6.45, 7) is 4.01. The molecule has 8 nitrogen and oxygen atoms in total. The van der Waals surface area contributed by atoms with E-state index in [1.165, 1.54) is 12.8 Å². The van der Waals surface area contributed by atoms with Crippen molar-refractivity contribution in [2.24, 2.45) is 0 Å². The molecule has 0 saturated carbocycles. The van der Waals surface area contributed by atoms with Crippen LogP contribution in [0.1, 0.15) is 46.4 Å². The number of amides is 2. The van der Waals surface area contributed by atoms with Crippen LogP contribution in [0.5, 0.6) is 11.5 Å². The van der Waals surface area contributed by atoms with Gasteiger partial charge in [0, 0.05) is 35.1 Å². The van der Waals surface area contributed by atoms with Gasteiger partial charge in [0.25, 0.3) is 11.8 Å². The van der Waals surface area contributed by atoms with E-state index in [2.05, 4.69) is 10.2 Å². The number of carbonyl (C=O) groups is 2. The lowest BCUT2D eigenvalue weighted by Gasteiger charge is -2.29. The van der Waals surface area contributed by atoms with Gasteiger partial charge in [0.15, 0.2) is 11.5 Å². The molecule has 7 rings (SSSR count). The third-order valence-corrected chi connectivity index (χ3v) is 8.65. The minimum atomic E-state index is -0.318. The lowest BCUT2D eigenvalue weighted by Crippen LogP contribution is -2.42. The molecule has 2 saturated heterocycles. The zero-order chi connectivity index (χ0) is 28.6. The summed E-state index contributed by atoms with van der Waals surface area (Å²) in [4.78, 5) is 36.6. The third kappa shape index (κ3) is 5.28. The number of fused-ring (bicyclic) bond motifs is 2. The molecule has 0 spiro atoms. The summed E-state index contributed by atoms with van der Waals surface area (Å²) >= 11 is 6.01. The molecule has 3 aliphatic heterocycles. The Morgan fingerprint density at radius 2 is 1.64 bits per heavy atom. The number of carbonyl (C=O) groups excluding carboxylic acids is 2. The summed E-state index contributed by atoms with van der Waals surface area (Å²) in [5.41, 5.74) is 3.50. The molecule has 0 aliphatic carbocycles. The van der Waals surface area contributed by atoms with Gasteiger partial charge in [-0.2, -0.15) is 0 Å². The number of halogens is 1. The molecule has 42 heavy (non-hydrogen) atoms. The standard InChI is InChI=1S/C33H31ClN4O4/c34-24-9-5-21(6-10-24)32(39)36-31-18-27(33(40)38-15-3-4-25(38)19-37-13-1-2-14-37)26-16-22(7-11-28(26)35-31)23-8-12-29-30(17-23)42-20-41-29/h5-12,16-18,25H,1-4,13-15,19-20H2,(H,35,36,39)/t25-/m0/s1. The Labute approximate surface area is 249 Å². The van der Waals surface area contributed by atoms with Gasteiger partial charge >= 0.3 is 0 Å². The van der Waals surface area contributed by atoms with Crippen LogP contribution < -0.4 is 14.8 Å². The van der Waals surface area contributed by atoms with Gasteiger partial charge < -0.3 is 24.6 Å². The fraction of sp³-hybridized carbons (Fsp3) is 0.303. The maximum Gasteiger partial charge on any atom is 0.256 e. The number of nitrogens with zero attached hydrogens (tertiary/aromatic N) is 3. The van der Waals surface area contributed by atoms with E-state index in [-0.39, 0.29) is 24.6 Å². The van der Waals surface area contributed by atoms with Crippen LogP contribution in [-0.4, -0.2) is 65.6 Å². The Kier molecular flexibility index (Phi) is 7.17. The van der Waals surface area contributed by atoms with Gasteiger partial charge in [0.2, 0.25) is 6.79 Å². The second-order valence-corrected chi connectivity index (χ2v) is 11.6. The van der Waals surface area contributed by atoms with E-state index in [4.69, 9.17) is 26.1 Å². The smallest absolute Gasteiger partial charge is 0.256 e. The summed E-state index contributed by atoms with van der Waals surface area (Å²) in [6, 6.07) is 20.3. The Balaban J connectivity index is 1.26. The first-order chi connectivity index (χ1) is 20.5. The Morgan fingerprint density at radius 1 is 0.881 bits per heavy atom. The molecule has 3 aliphatic rings. The molecule has 3 aromatic carbocycles. The Morgan fingerprint density at radius 3 is 2.48 bits per heavy atom. The first-order valence-corrected chi connectivity index (χ1v) is 14.8. The lowest BCUT2D eigenvalue weighted by atomic mass is 9.99. The molecule has 214 valence electrons. The number of rotatable bonds is 6. The maximum absolute atomic E-state index is 14.3. The normalized spacial score (nSPS) is 18.1. The lowest BCUT2D eigenvalue weighted by molar-refractivity contribution is 0.0710. The van der Waals surface area contributed by atoms with Gasteiger partial charge in [-0.15, -0.1) is 0 Å². The molecule has 0 bridgehead atoms. The summed E-state index contributed by atoms with van der Waals surface area (Å²) in [5, 5.41) is 4.19. The molecule has 9 heteroatoms. The van der Waals surface area contributed by atoms with Crippen molar-refractivity contribution in [3.05, 3.63) is 82.9 Å². The average molecular weight is 583 g/mol. The van der Waals surface area contributed by atoms with Crippen LogP contribution in [0.2, 0.25) is 5.02 Å². The number of ether oxygens (including phenoxy) is 2. The third-order valence-electron chi connectivity index (χ3n) is 8.40. The zero-order valence-corrected chi connectivity index (χ0v) is 23.9. The van der Waals surface area contributed by atoms with Crippen molar-refractivity contribution in [2.75, 3.05) is 38.3 Å². The van der Waals surface area contributed by atoms with E-state index in [9.17, 15) is 9.59 Å². The molecule has 4 aromatic rings. The van der Waals surface area contributed by atoms with Crippen LogP contribution in [-0.2, 0) is 0 Å². The van der Waals surface area contributed by atoms with Crippen molar-refractivity contribution in [1.29, 1.82) is 0 Å². The van der Waals surface area contributed by atoms with Gasteiger partial charge in [-0.05, 0) is 104 Å². The van der Waals surface area contributed by atoms with Gasteiger partial charge in [0.1, 0.15) is 5.82 Å². The number of hydrogen-bond donors (Lipinski definition) is 1. The number of likely N-dealkylation sites (tertiary alicyclic amines) is 2. The highest BCUT2D eigenvalue weighted by Crippen LogP contribution is 2.37. The number of pyridine rings is 1. The van der Waals surface area contributed by atoms with E-state index in [0.717, 1.165) is 61.3 Å². The summed E-state index contributed by atoms with van der Waals surface area (Å²) in [5.74, 6) is 1.40. The van der Waals surface area contributed by atoms with Crippen molar-refractivity contribution in [3.63, 3.8) is 0 Å². The predicted octanol–water partition coefficient (Wildman–Crippen LogP) is 6.24. The van der Waals surface area contributed by atoms with Crippen LogP contribution in [0.25, 0.3) is 22.0 Å². The van der Waals surface area contributed by atoms with Crippen molar-refractivity contribution < 1.29 is 19.1 Å². The highest BCUT2D eigenvalue weighted by atomic mass is 35.5. The van der Waals surface area contributed by atoms with E-state index >= 15 is 0 Å². The monoisotopic (exact) mass is 582 g/mol. The van der Waals surface area contributed by atoms with Crippen LogP contribution in [0.15, 0.2) is 66.7 Å². The van der Waals surface area contributed by atoms with Gasteiger partial charge in [-0.1, -0.05) is 23.7 Å². The Bertz CT molecular complexity index is 1670. The van der Waals surface area contributed by atoms with Gasteiger partial charge in [0.05, 0.1) is 11.1 Å². The molecule has 2 fully saturated rings. The highest BCUT2D eigenvalue weighted by Gasteiger charge is 2.32. The van der Waals surface area contributed by atoms with Crippen LogP contribution in [0.4, 0.5) is 5.82 Å². The van der Waals surface area contributed by atoms with E-state index in [1.54, 1.807) is 30.3 Å². The van der Waals surface area contributed by atoms with Crippen LogP contribution in [0.3, 0.4) is 0 Å². The SMILES string of the molecule is O=C(Nc1cc(C(=O)N2CCC[C@H]2CN2CCCC2)c2cc(-c3ccc4c(c3)OCO4)ccc2n1)c1ccc(Cl)cc1. The van der Waals surface area contributed by atoms with Crippen molar-refractivity contribution in [1.82, 2.24) is 14.8 Å². The molecule has 4 heterocycles. The molecular formula is C33H31ClN4O4. The fourth-order valence-corrected chi connectivity index (χ4v) is 6.35. The molecular weight excluding hydrogens is 552 g/mol. The fourth-order valence-electron chi connectivity index (χ4n) is 6.22. The zero-order valence-electron chi connectivity index (χ0n) is 23.1. The van der Waals surface area contributed by atoms with Crippen molar-refractivity contribution >= 4 is 40.1 Å². The number of hydrogen-bond acceptors (Lipinski definition) is 6. The van der Waals surface area contributed by atoms with Crippen molar-refractivity contribution in [2.45, 2.75) is 31.7 Å². The first-order valence-electron chi connectivity index (χ1n) is 14.5. The van der Waals surface area contributed by atoms with Gasteiger partial charge in [-0.25, -0.2) is 4.98 Å². The summed E-state index contributed by atoms with van der Waals surface area (Å²) in [7, 11) is 0. The number of anilines is 1. The first kappa shape index (κ1) is 26.7. The largest absolute Gasteiger partial charge is 0.454 e. The molecule has 2 amide bonds. The highest BCUT2D eigenvalue weighted by molar-refractivity contribution is 6.30. The molecule has 1 N–H and O–H groups in total. The van der Waals surface area contributed by atoms with Gasteiger partial charge in [-0.3, -0.25) is 9.59 Å². The summed E-state index contributed by atoms with van der Waals surface area (Å²) < 4.78 is 11.1. The molecule has 1 aromatic heterocycles. The van der Waals surface area contributed by atoms with E-state index in [1.807, 2.05) is 41.3 Å². The molecule has 0 unspecified atom stereocenters. The Hall–Kier alpha value is -4.14. The number of benzene rings is 3. The van der Waals surface area contributed by atoms with E-state index in [0.29, 0.717) is 33.2 Å². The quantitative estimate of drug-likeness (QED) is 0.290. The van der Waals surface area contributed by atoms with Crippen molar-refractivity contribution in [3.8, 4) is 22.6 Å². The van der Waals surface area contributed by atoms with E-state index < -0.39 is 0 Å². The topological polar surface area (TPSA) is 84.0 Å². The maximum atomic E-state index is 14.3. The second-order valence-electron chi connectivity index (χ2n) is 11.1. The van der Waals surface area contributed by atoms with Crippen LogP contribution >= 0.6 is 11.6 Å². The second kappa shape index (κ2) is 11.3. The minimum Gasteiger partial charge on any atom is -0.454 e. The predicted molar refractivity (Wildman–Crippen MR) is 162 cm³/mol. The average Bonchev–Trinajstić information content (AvgIpc) is 3.79. The molecule has 1 atom stereocenters. The number of nitrogens with one attached hydrogen (secondary N) is 1. The molecule has 0 radical (unpaired) electrons. The number of aromatic nitrogens is 1.